The second kappa shape index (κ2) is 6.20. The molecule has 1 aliphatic heterocycles. The maximum absolute atomic E-state index is 12.1. The minimum absolute atomic E-state index is 0.0167. The molecule has 0 aromatic rings. The zero-order valence-corrected chi connectivity index (χ0v) is 11.4. The number of thioether (sulfide) groups is 1. The summed E-state index contributed by atoms with van der Waals surface area (Å²) in [6.45, 7) is 0.381. The van der Waals surface area contributed by atoms with Crippen LogP contribution in [-0.2, 0) is 10.2 Å². The Labute approximate surface area is 102 Å². The third-order valence-corrected chi connectivity index (χ3v) is 5.95. The van der Waals surface area contributed by atoms with Crippen molar-refractivity contribution < 1.29 is 13.5 Å². The van der Waals surface area contributed by atoms with Crippen molar-refractivity contribution in [2.75, 3.05) is 38.8 Å². The predicted octanol–water partition coefficient (Wildman–Crippen LogP) is -0.0173. The van der Waals surface area contributed by atoms with Crippen molar-refractivity contribution in [1.29, 1.82) is 0 Å². The second-order valence-corrected chi connectivity index (χ2v) is 7.18. The Morgan fingerprint density at radius 3 is 2.62 bits per heavy atom. The van der Waals surface area contributed by atoms with Gasteiger partial charge in [-0.25, -0.2) is 0 Å². The Morgan fingerprint density at radius 2 is 2.12 bits per heavy atom. The molecule has 0 radical (unpaired) electrons. The molecule has 16 heavy (non-hydrogen) atoms. The van der Waals surface area contributed by atoms with Gasteiger partial charge in [0.2, 0.25) is 0 Å². The molecule has 1 saturated heterocycles. The second-order valence-electron chi connectivity index (χ2n) is 3.94. The van der Waals surface area contributed by atoms with Gasteiger partial charge in [-0.15, -0.1) is 0 Å². The third-order valence-electron chi connectivity index (χ3n) is 2.81. The van der Waals surface area contributed by atoms with E-state index < -0.39 is 10.2 Å². The summed E-state index contributed by atoms with van der Waals surface area (Å²) in [4.78, 5) is 0. The molecule has 0 amide bonds. The first-order valence-corrected chi connectivity index (χ1v) is 7.93. The normalized spacial score (nSPS) is 22.2. The number of hydrogen-bond acceptors (Lipinski definition) is 4. The van der Waals surface area contributed by atoms with Gasteiger partial charge in [0.05, 0.1) is 0 Å². The van der Waals surface area contributed by atoms with Crippen LogP contribution in [0.3, 0.4) is 0 Å². The van der Waals surface area contributed by atoms with Gasteiger partial charge in [0.1, 0.15) is 0 Å². The lowest BCUT2D eigenvalue weighted by Gasteiger charge is -2.28. The highest BCUT2D eigenvalue weighted by atomic mass is 32.2. The van der Waals surface area contributed by atoms with Gasteiger partial charge in [-0.1, -0.05) is 0 Å². The third kappa shape index (κ3) is 3.33. The number of rotatable bonds is 6. The molecule has 0 aliphatic carbocycles. The molecule has 1 aliphatic rings. The topological polar surface area (TPSA) is 60.9 Å². The van der Waals surface area contributed by atoms with Gasteiger partial charge in [-0.2, -0.15) is 28.8 Å². The summed E-state index contributed by atoms with van der Waals surface area (Å²) in [6.07, 6.45) is 1.40. The lowest BCUT2D eigenvalue weighted by atomic mass is 10.3. The smallest absolute Gasteiger partial charge is 0.281 e. The molecule has 0 saturated carbocycles. The van der Waals surface area contributed by atoms with Crippen LogP contribution in [0.2, 0.25) is 0 Å². The van der Waals surface area contributed by atoms with Crippen LogP contribution in [0.4, 0.5) is 0 Å². The zero-order chi connectivity index (χ0) is 12.2. The number of hydrogen-bond donors (Lipinski definition) is 1. The molecule has 1 atom stereocenters. The van der Waals surface area contributed by atoms with E-state index in [1.807, 2.05) is 0 Å². The van der Waals surface area contributed by atoms with Gasteiger partial charge in [0.25, 0.3) is 10.2 Å². The van der Waals surface area contributed by atoms with Gasteiger partial charge in [0.15, 0.2) is 0 Å². The molecule has 0 spiro atoms. The van der Waals surface area contributed by atoms with Crippen LogP contribution in [0.25, 0.3) is 0 Å². The average molecular weight is 268 g/mol. The maximum Gasteiger partial charge on any atom is 0.281 e. The fourth-order valence-corrected chi connectivity index (χ4v) is 4.34. The Bertz CT molecular complexity index is 302. The van der Waals surface area contributed by atoms with E-state index in [4.69, 9.17) is 5.11 Å². The number of aliphatic hydroxyl groups excluding tert-OH is 1. The van der Waals surface area contributed by atoms with E-state index in [0.29, 0.717) is 13.0 Å². The highest BCUT2D eigenvalue weighted by molar-refractivity contribution is 7.99. The minimum Gasteiger partial charge on any atom is -0.396 e. The molecule has 0 bridgehead atoms. The van der Waals surface area contributed by atoms with Crippen LogP contribution < -0.4 is 0 Å². The molecule has 0 aromatic carbocycles. The molecule has 1 unspecified atom stereocenters. The summed E-state index contributed by atoms with van der Waals surface area (Å²) in [6, 6.07) is 0.117. The monoisotopic (exact) mass is 268 g/mol. The zero-order valence-electron chi connectivity index (χ0n) is 9.79. The average Bonchev–Trinajstić information content (AvgIpc) is 2.77. The van der Waals surface area contributed by atoms with Crippen molar-refractivity contribution >= 4 is 22.0 Å². The van der Waals surface area contributed by atoms with Gasteiger partial charge in [-0.05, 0) is 18.6 Å². The maximum atomic E-state index is 12.1. The minimum atomic E-state index is -3.35. The molecule has 1 N–H and O–H groups in total. The largest absolute Gasteiger partial charge is 0.396 e. The SMILES string of the molecule is CN(CCCO)S(=O)(=O)N(C)C1CCSC1. The molecule has 1 rings (SSSR count). The van der Waals surface area contributed by atoms with E-state index in [-0.39, 0.29) is 12.6 Å². The van der Waals surface area contributed by atoms with Gasteiger partial charge < -0.3 is 5.11 Å². The number of nitrogens with zero attached hydrogens (tertiary/aromatic N) is 2. The summed E-state index contributed by atoms with van der Waals surface area (Å²) >= 11 is 1.79. The summed E-state index contributed by atoms with van der Waals surface area (Å²) in [7, 11) is -0.153. The first-order chi connectivity index (χ1) is 7.50. The van der Waals surface area contributed by atoms with Crippen molar-refractivity contribution in [3.8, 4) is 0 Å². The van der Waals surface area contributed by atoms with Crippen LogP contribution in [-0.4, -0.2) is 66.9 Å². The lowest BCUT2D eigenvalue weighted by Crippen LogP contribution is -2.45. The van der Waals surface area contributed by atoms with E-state index in [1.54, 1.807) is 25.9 Å². The van der Waals surface area contributed by atoms with Crippen molar-refractivity contribution in [2.45, 2.75) is 18.9 Å². The Hall–Kier alpha value is 0.180. The lowest BCUT2D eigenvalue weighted by molar-refractivity contribution is 0.270. The molecular weight excluding hydrogens is 248 g/mol. The van der Waals surface area contributed by atoms with Crippen molar-refractivity contribution in [1.82, 2.24) is 8.61 Å². The van der Waals surface area contributed by atoms with Gasteiger partial charge in [0, 0.05) is 39.0 Å². The van der Waals surface area contributed by atoms with E-state index in [1.165, 1.54) is 8.61 Å². The molecule has 1 fully saturated rings. The first kappa shape index (κ1) is 14.2. The molecule has 5 nitrogen and oxygen atoms in total. The summed E-state index contributed by atoms with van der Waals surface area (Å²) in [5.41, 5.74) is 0. The van der Waals surface area contributed by atoms with E-state index >= 15 is 0 Å². The standard InChI is InChI=1S/C9H20N2O3S2/c1-10(5-3-6-12)16(13,14)11(2)9-4-7-15-8-9/h9,12H,3-8H2,1-2H3. The van der Waals surface area contributed by atoms with Crippen LogP contribution in [0.15, 0.2) is 0 Å². The van der Waals surface area contributed by atoms with E-state index in [0.717, 1.165) is 17.9 Å². The summed E-state index contributed by atoms with van der Waals surface area (Å²) < 4.78 is 26.9. The first-order valence-electron chi connectivity index (χ1n) is 5.38. The Balaban J connectivity index is 2.60. The predicted molar refractivity (Wildman–Crippen MR) is 66.7 cm³/mol. The fourth-order valence-electron chi connectivity index (χ4n) is 1.63. The molecule has 7 heteroatoms. The molecule has 1 heterocycles. The van der Waals surface area contributed by atoms with Crippen LogP contribution >= 0.6 is 11.8 Å². The van der Waals surface area contributed by atoms with Crippen LogP contribution in [0.5, 0.6) is 0 Å². The molecule has 96 valence electrons. The quantitative estimate of drug-likeness (QED) is 0.735. The fraction of sp³-hybridized carbons (Fsp3) is 1.00. The Morgan fingerprint density at radius 1 is 1.44 bits per heavy atom. The van der Waals surface area contributed by atoms with Crippen molar-refractivity contribution in [3.63, 3.8) is 0 Å². The number of aliphatic hydroxyl groups is 1. The van der Waals surface area contributed by atoms with Gasteiger partial charge in [-0.3, -0.25) is 0 Å². The van der Waals surface area contributed by atoms with Crippen molar-refractivity contribution in [3.05, 3.63) is 0 Å². The summed E-state index contributed by atoms with van der Waals surface area (Å²) in [5, 5.41) is 8.69. The van der Waals surface area contributed by atoms with Gasteiger partial charge >= 0.3 is 0 Å². The highest BCUT2D eigenvalue weighted by Crippen LogP contribution is 2.24. The molecular formula is C9H20N2O3S2. The van der Waals surface area contributed by atoms with E-state index in [2.05, 4.69) is 0 Å². The highest BCUT2D eigenvalue weighted by Gasteiger charge is 2.31. The molecule has 0 aromatic heterocycles. The Kier molecular flexibility index (Phi) is 5.52. The van der Waals surface area contributed by atoms with Crippen LogP contribution in [0, 0.1) is 0 Å². The van der Waals surface area contributed by atoms with Crippen LogP contribution in [0.1, 0.15) is 12.8 Å². The summed E-state index contributed by atoms with van der Waals surface area (Å²) in [5.74, 6) is 1.91. The van der Waals surface area contributed by atoms with Crippen molar-refractivity contribution in [2.24, 2.45) is 0 Å². The van der Waals surface area contributed by atoms with E-state index in [9.17, 15) is 8.42 Å².